The van der Waals surface area contributed by atoms with Gasteiger partial charge in [-0.05, 0) is 30.7 Å². The second-order valence-electron chi connectivity index (χ2n) is 5.25. The molecule has 0 bridgehead atoms. The highest BCUT2D eigenvalue weighted by atomic mass is 19.3. The first-order chi connectivity index (χ1) is 11.3. The van der Waals surface area contributed by atoms with Crippen molar-refractivity contribution in [1.82, 2.24) is 4.98 Å². The van der Waals surface area contributed by atoms with Crippen molar-refractivity contribution in [3.05, 3.63) is 59.9 Å². The van der Waals surface area contributed by atoms with Gasteiger partial charge in [-0.3, -0.25) is 14.6 Å². The number of pyridine rings is 1. The number of aromatic nitrogens is 1. The van der Waals surface area contributed by atoms with Crippen molar-refractivity contribution in [1.29, 1.82) is 0 Å². The fraction of sp³-hybridized carbons (Fsp3) is 0.235. The van der Waals surface area contributed by atoms with Crippen LogP contribution < -0.4 is 10.6 Å². The Kier molecular flexibility index (Phi) is 5.23. The van der Waals surface area contributed by atoms with Crippen LogP contribution in [0.4, 0.5) is 14.5 Å². The van der Waals surface area contributed by atoms with Crippen molar-refractivity contribution in [2.24, 2.45) is 5.73 Å². The molecule has 0 spiro atoms. The Hall–Kier alpha value is -2.83. The molecule has 0 saturated heterocycles. The van der Waals surface area contributed by atoms with Crippen LogP contribution >= 0.6 is 0 Å². The molecule has 24 heavy (non-hydrogen) atoms. The van der Waals surface area contributed by atoms with E-state index in [1.165, 1.54) is 37.4 Å². The summed E-state index contributed by atoms with van der Waals surface area (Å²) in [5.41, 5.74) is 4.95. The maximum atomic E-state index is 14.7. The van der Waals surface area contributed by atoms with Gasteiger partial charge in [0.15, 0.2) is 0 Å². The van der Waals surface area contributed by atoms with Gasteiger partial charge in [0.2, 0.25) is 5.91 Å². The molecule has 0 saturated carbocycles. The zero-order chi connectivity index (χ0) is 17.7. The number of primary amides is 1. The highest BCUT2D eigenvalue weighted by Gasteiger charge is 2.46. The molecule has 0 atom stereocenters. The molecular weight excluding hydrogens is 316 g/mol. The third kappa shape index (κ3) is 3.73. The molecule has 0 unspecified atom stereocenters. The quantitative estimate of drug-likeness (QED) is 0.882. The Morgan fingerprint density at radius 2 is 1.83 bits per heavy atom. The van der Waals surface area contributed by atoms with Gasteiger partial charge >= 0.3 is 11.8 Å². The SMILES string of the molecule is Cc1cccnc1C(F)(F)C(=O)N(CCC(N)=O)c1ccccc1. The standard InChI is InChI=1S/C17H17F2N3O2/c1-12-6-5-10-21-15(12)17(18,19)16(24)22(11-9-14(20)23)13-7-3-2-4-8-13/h2-8,10H,9,11H2,1H3,(H2,20,23). The minimum Gasteiger partial charge on any atom is -0.370 e. The molecule has 0 aliphatic carbocycles. The summed E-state index contributed by atoms with van der Waals surface area (Å²) >= 11 is 0. The molecule has 2 amide bonds. The molecule has 5 nitrogen and oxygen atoms in total. The van der Waals surface area contributed by atoms with Crippen LogP contribution in [0, 0.1) is 6.92 Å². The number of amides is 2. The summed E-state index contributed by atoms with van der Waals surface area (Å²) in [4.78, 5) is 28.0. The fourth-order valence-corrected chi connectivity index (χ4v) is 2.26. The third-order valence-corrected chi connectivity index (χ3v) is 3.47. The van der Waals surface area contributed by atoms with E-state index in [4.69, 9.17) is 5.73 Å². The molecule has 0 fully saturated rings. The number of para-hydroxylation sites is 1. The highest BCUT2D eigenvalue weighted by molar-refractivity contribution is 5.99. The molecule has 126 valence electrons. The third-order valence-electron chi connectivity index (χ3n) is 3.47. The summed E-state index contributed by atoms with van der Waals surface area (Å²) in [6.45, 7) is 1.22. The smallest absolute Gasteiger partial charge is 0.366 e. The topological polar surface area (TPSA) is 76.3 Å². The maximum Gasteiger partial charge on any atom is 0.366 e. The van der Waals surface area contributed by atoms with Gasteiger partial charge in [-0.25, -0.2) is 0 Å². The zero-order valence-corrected chi connectivity index (χ0v) is 13.1. The first-order valence-electron chi connectivity index (χ1n) is 7.29. The van der Waals surface area contributed by atoms with E-state index in [-0.39, 0.29) is 24.2 Å². The number of nitrogens with two attached hydrogens (primary N) is 1. The van der Waals surface area contributed by atoms with Gasteiger partial charge in [0.05, 0.1) is 0 Å². The number of carbonyl (C=O) groups is 2. The first-order valence-corrected chi connectivity index (χ1v) is 7.29. The molecule has 2 N–H and O–H groups in total. The van der Waals surface area contributed by atoms with E-state index >= 15 is 0 Å². The summed E-state index contributed by atoms with van der Waals surface area (Å²) in [6, 6.07) is 10.9. The second-order valence-corrected chi connectivity index (χ2v) is 5.25. The summed E-state index contributed by atoms with van der Waals surface area (Å²) in [5, 5.41) is 0. The molecule has 7 heteroatoms. The molecule has 1 aromatic heterocycles. The summed E-state index contributed by atoms with van der Waals surface area (Å²) in [5.74, 6) is -5.95. The van der Waals surface area contributed by atoms with Crippen LogP contribution in [-0.2, 0) is 15.5 Å². The van der Waals surface area contributed by atoms with E-state index in [0.29, 0.717) is 0 Å². The van der Waals surface area contributed by atoms with Crippen LogP contribution in [0.15, 0.2) is 48.7 Å². The fourth-order valence-electron chi connectivity index (χ4n) is 2.26. The Balaban J connectivity index is 2.39. The number of nitrogens with zero attached hydrogens (tertiary/aromatic N) is 2. The van der Waals surface area contributed by atoms with Crippen molar-refractivity contribution in [2.45, 2.75) is 19.3 Å². The van der Waals surface area contributed by atoms with Gasteiger partial charge in [0.25, 0.3) is 0 Å². The largest absolute Gasteiger partial charge is 0.370 e. The van der Waals surface area contributed by atoms with Crippen LogP contribution in [0.25, 0.3) is 0 Å². The van der Waals surface area contributed by atoms with Crippen LogP contribution in [0.1, 0.15) is 17.7 Å². The molecule has 0 aliphatic rings. The molecule has 2 aromatic rings. The predicted octanol–water partition coefficient (Wildman–Crippen LogP) is 2.39. The predicted molar refractivity (Wildman–Crippen MR) is 85.5 cm³/mol. The Morgan fingerprint density at radius 1 is 1.17 bits per heavy atom. The van der Waals surface area contributed by atoms with Crippen molar-refractivity contribution in [3.63, 3.8) is 0 Å². The molecule has 2 rings (SSSR count). The van der Waals surface area contributed by atoms with Gasteiger partial charge in [-0.1, -0.05) is 24.3 Å². The number of aryl methyl sites for hydroxylation is 1. The molecule has 1 heterocycles. The Bertz CT molecular complexity index is 736. The van der Waals surface area contributed by atoms with Gasteiger partial charge in [-0.2, -0.15) is 8.78 Å². The monoisotopic (exact) mass is 333 g/mol. The normalized spacial score (nSPS) is 11.1. The number of hydrogen-bond donors (Lipinski definition) is 1. The Morgan fingerprint density at radius 3 is 2.42 bits per heavy atom. The van der Waals surface area contributed by atoms with Crippen LogP contribution in [0.3, 0.4) is 0 Å². The highest BCUT2D eigenvalue weighted by Crippen LogP contribution is 2.32. The van der Waals surface area contributed by atoms with Crippen molar-refractivity contribution in [2.75, 3.05) is 11.4 Å². The lowest BCUT2D eigenvalue weighted by atomic mass is 10.1. The molecule has 1 aromatic carbocycles. The van der Waals surface area contributed by atoms with Crippen LogP contribution in [0.5, 0.6) is 0 Å². The molecule has 0 aliphatic heterocycles. The summed E-state index contributed by atoms with van der Waals surface area (Å²) in [6.07, 6.45) is 0.984. The number of halogens is 2. The van der Waals surface area contributed by atoms with Gasteiger partial charge in [-0.15, -0.1) is 0 Å². The average molecular weight is 333 g/mol. The van der Waals surface area contributed by atoms with Crippen molar-refractivity contribution >= 4 is 17.5 Å². The van der Waals surface area contributed by atoms with E-state index in [1.54, 1.807) is 18.2 Å². The number of hydrogen-bond acceptors (Lipinski definition) is 3. The van der Waals surface area contributed by atoms with Gasteiger partial charge in [0, 0.05) is 24.8 Å². The molecule has 0 radical (unpaired) electrons. The van der Waals surface area contributed by atoms with Crippen molar-refractivity contribution < 1.29 is 18.4 Å². The lowest BCUT2D eigenvalue weighted by Crippen LogP contribution is -2.44. The van der Waals surface area contributed by atoms with E-state index in [0.717, 1.165) is 4.90 Å². The van der Waals surface area contributed by atoms with Gasteiger partial charge in [0.1, 0.15) is 5.69 Å². The minimum absolute atomic E-state index is 0.207. The number of anilines is 1. The van der Waals surface area contributed by atoms with Crippen LogP contribution in [-0.4, -0.2) is 23.3 Å². The van der Waals surface area contributed by atoms with E-state index in [1.807, 2.05) is 0 Å². The van der Waals surface area contributed by atoms with Crippen LogP contribution in [0.2, 0.25) is 0 Å². The van der Waals surface area contributed by atoms with E-state index < -0.39 is 23.4 Å². The Labute approximate surface area is 138 Å². The zero-order valence-electron chi connectivity index (χ0n) is 13.1. The minimum atomic E-state index is -3.82. The van der Waals surface area contributed by atoms with E-state index in [2.05, 4.69) is 4.98 Å². The summed E-state index contributed by atoms with van der Waals surface area (Å²) < 4.78 is 29.4. The van der Waals surface area contributed by atoms with Gasteiger partial charge < -0.3 is 10.6 Å². The van der Waals surface area contributed by atoms with E-state index in [9.17, 15) is 18.4 Å². The number of rotatable bonds is 6. The number of carbonyl (C=O) groups excluding carboxylic acids is 2. The average Bonchev–Trinajstić information content (AvgIpc) is 2.55. The lowest BCUT2D eigenvalue weighted by Gasteiger charge is -2.27. The van der Waals surface area contributed by atoms with Crippen molar-refractivity contribution in [3.8, 4) is 0 Å². The molecular formula is C17H17F2N3O2. The lowest BCUT2D eigenvalue weighted by molar-refractivity contribution is -0.144. The maximum absolute atomic E-state index is 14.7. The number of alkyl halides is 2. The first kappa shape index (κ1) is 17.5. The second kappa shape index (κ2) is 7.16. The summed E-state index contributed by atoms with van der Waals surface area (Å²) in [7, 11) is 0. The number of benzene rings is 1.